The third-order valence-electron chi connectivity index (χ3n) is 4.08. The van der Waals surface area contributed by atoms with E-state index in [2.05, 4.69) is 10.5 Å². The Labute approximate surface area is 134 Å². The maximum Gasteiger partial charge on any atom is 0.242 e. The Morgan fingerprint density at radius 1 is 1.36 bits per heavy atom. The van der Waals surface area contributed by atoms with Gasteiger partial charge in [0, 0.05) is 16.8 Å². The molecule has 0 saturated carbocycles. The summed E-state index contributed by atoms with van der Waals surface area (Å²) >= 11 is 5.82. The molecule has 5 heteroatoms. The standard InChI is InChI=1S/C17H19ClN2O2/c1-10-7-8-12(9-15(10)19-17(21)11(2)18)16-13-5-3-4-6-14(13)20-22-16/h7-9,11H,3-6H2,1-2H3,(H,19,21)/t11-/m0/s1. The molecule has 116 valence electrons. The average molecular weight is 319 g/mol. The Kier molecular flexibility index (Phi) is 4.21. The highest BCUT2D eigenvalue weighted by molar-refractivity contribution is 6.32. The van der Waals surface area contributed by atoms with Gasteiger partial charge in [0.1, 0.15) is 5.38 Å². The quantitative estimate of drug-likeness (QED) is 0.867. The van der Waals surface area contributed by atoms with Gasteiger partial charge in [0.25, 0.3) is 0 Å². The molecule has 0 bridgehead atoms. The van der Waals surface area contributed by atoms with Crippen LogP contribution in [0, 0.1) is 6.92 Å². The van der Waals surface area contributed by atoms with Gasteiger partial charge in [-0.15, -0.1) is 11.6 Å². The smallest absolute Gasteiger partial charge is 0.242 e. The van der Waals surface area contributed by atoms with Crippen molar-refractivity contribution < 1.29 is 9.32 Å². The zero-order valence-electron chi connectivity index (χ0n) is 12.8. The summed E-state index contributed by atoms with van der Waals surface area (Å²) in [5, 5.41) is 6.48. The lowest BCUT2D eigenvalue weighted by atomic mass is 9.93. The molecule has 0 spiro atoms. The number of hydrogen-bond acceptors (Lipinski definition) is 3. The van der Waals surface area contributed by atoms with E-state index in [1.54, 1.807) is 6.92 Å². The second kappa shape index (κ2) is 6.13. The van der Waals surface area contributed by atoms with Crippen LogP contribution in [0.1, 0.15) is 36.6 Å². The maximum absolute atomic E-state index is 11.8. The molecule has 4 nitrogen and oxygen atoms in total. The number of carbonyl (C=O) groups excluding carboxylic acids is 1. The van der Waals surface area contributed by atoms with Crippen molar-refractivity contribution in [3.8, 4) is 11.3 Å². The number of carbonyl (C=O) groups is 1. The van der Waals surface area contributed by atoms with Gasteiger partial charge in [0.05, 0.1) is 5.69 Å². The fraction of sp³-hybridized carbons (Fsp3) is 0.412. The number of nitrogens with zero attached hydrogens (tertiary/aromatic N) is 1. The summed E-state index contributed by atoms with van der Waals surface area (Å²) in [6.07, 6.45) is 4.32. The first kappa shape index (κ1) is 15.1. The lowest BCUT2D eigenvalue weighted by molar-refractivity contribution is -0.115. The summed E-state index contributed by atoms with van der Waals surface area (Å²) in [4.78, 5) is 11.8. The minimum Gasteiger partial charge on any atom is -0.356 e. The summed E-state index contributed by atoms with van der Waals surface area (Å²) in [5.74, 6) is 0.616. The number of aryl methyl sites for hydroxylation is 2. The van der Waals surface area contributed by atoms with Crippen molar-refractivity contribution >= 4 is 23.2 Å². The highest BCUT2D eigenvalue weighted by Crippen LogP contribution is 2.33. The van der Waals surface area contributed by atoms with Crippen molar-refractivity contribution in [3.05, 3.63) is 35.0 Å². The summed E-state index contributed by atoms with van der Waals surface area (Å²) < 4.78 is 5.56. The molecule has 1 amide bonds. The largest absolute Gasteiger partial charge is 0.356 e. The summed E-state index contributed by atoms with van der Waals surface area (Å²) in [6.45, 7) is 3.61. The van der Waals surface area contributed by atoms with E-state index in [0.717, 1.165) is 41.1 Å². The molecule has 1 aromatic carbocycles. The predicted octanol–water partition coefficient (Wildman–Crippen LogP) is 4.09. The van der Waals surface area contributed by atoms with Crippen molar-refractivity contribution in [2.45, 2.75) is 44.9 Å². The third kappa shape index (κ3) is 2.88. The van der Waals surface area contributed by atoms with Crippen molar-refractivity contribution in [1.29, 1.82) is 0 Å². The van der Waals surface area contributed by atoms with E-state index < -0.39 is 5.38 Å². The zero-order valence-corrected chi connectivity index (χ0v) is 13.5. The lowest BCUT2D eigenvalue weighted by Gasteiger charge is -2.12. The molecule has 2 aromatic rings. The summed E-state index contributed by atoms with van der Waals surface area (Å²) in [5.41, 5.74) is 4.97. The van der Waals surface area contributed by atoms with Gasteiger partial charge in [-0.1, -0.05) is 17.3 Å². The van der Waals surface area contributed by atoms with E-state index in [4.69, 9.17) is 16.1 Å². The number of benzene rings is 1. The SMILES string of the molecule is Cc1ccc(-c2onc3c2CCCC3)cc1NC(=O)[C@H](C)Cl. The molecule has 0 unspecified atom stereocenters. The first-order valence-corrected chi connectivity index (χ1v) is 8.03. The highest BCUT2D eigenvalue weighted by atomic mass is 35.5. The number of amides is 1. The average Bonchev–Trinajstić information content (AvgIpc) is 2.93. The molecule has 3 rings (SSSR count). The van der Waals surface area contributed by atoms with Crippen molar-refractivity contribution in [2.24, 2.45) is 0 Å². The van der Waals surface area contributed by atoms with E-state index >= 15 is 0 Å². The number of alkyl halides is 1. The van der Waals surface area contributed by atoms with Crippen LogP contribution in [0.2, 0.25) is 0 Å². The van der Waals surface area contributed by atoms with Gasteiger partial charge in [-0.05, 0) is 51.2 Å². The van der Waals surface area contributed by atoms with Crippen LogP contribution in [-0.4, -0.2) is 16.4 Å². The monoisotopic (exact) mass is 318 g/mol. The number of aromatic nitrogens is 1. The number of fused-ring (bicyclic) bond motifs is 1. The molecule has 1 heterocycles. The number of nitrogens with one attached hydrogen (secondary N) is 1. The Morgan fingerprint density at radius 2 is 2.14 bits per heavy atom. The van der Waals surface area contributed by atoms with Gasteiger partial charge in [-0.3, -0.25) is 4.79 Å². The minimum absolute atomic E-state index is 0.207. The van der Waals surface area contributed by atoms with Crippen LogP contribution < -0.4 is 5.32 Å². The Morgan fingerprint density at radius 3 is 2.91 bits per heavy atom. The minimum atomic E-state index is -0.568. The third-order valence-corrected chi connectivity index (χ3v) is 4.28. The van der Waals surface area contributed by atoms with E-state index in [0.29, 0.717) is 0 Å². The van der Waals surface area contributed by atoms with Gasteiger partial charge in [-0.2, -0.15) is 0 Å². The molecule has 1 atom stereocenters. The molecule has 0 fully saturated rings. The Balaban J connectivity index is 1.95. The first-order chi connectivity index (χ1) is 10.6. The van der Waals surface area contributed by atoms with Crippen LogP contribution in [0.4, 0.5) is 5.69 Å². The fourth-order valence-electron chi connectivity index (χ4n) is 2.75. The summed E-state index contributed by atoms with van der Waals surface area (Å²) in [6, 6.07) is 5.91. The van der Waals surface area contributed by atoms with E-state index in [-0.39, 0.29) is 5.91 Å². The van der Waals surface area contributed by atoms with Crippen molar-refractivity contribution in [3.63, 3.8) is 0 Å². The molecule has 1 N–H and O–H groups in total. The molecular formula is C17H19ClN2O2. The molecule has 1 aliphatic carbocycles. The number of hydrogen-bond donors (Lipinski definition) is 1. The van der Waals surface area contributed by atoms with Crippen molar-refractivity contribution in [1.82, 2.24) is 5.16 Å². The van der Waals surface area contributed by atoms with Crippen LogP contribution in [0.3, 0.4) is 0 Å². The molecule has 1 aliphatic rings. The molecular weight excluding hydrogens is 300 g/mol. The number of anilines is 1. The van der Waals surface area contributed by atoms with Gasteiger partial charge < -0.3 is 9.84 Å². The van der Waals surface area contributed by atoms with Gasteiger partial charge >= 0.3 is 0 Å². The fourth-order valence-corrected chi connectivity index (χ4v) is 2.80. The number of rotatable bonds is 3. The van der Waals surface area contributed by atoms with Crippen LogP contribution in [-0.2, 0) is 17.6 Å². The number of halogens is 1. The zero-order chi connectivity index (χ0) is 15.7. The maximum atomic E-state index is 11.8. The first-order valence-electron chi connectivity index (χ1n) is 7.59. The van der Waals surface area contributed by atoms with Crippen LogP contribution in [0.5, 0.6) is 0 Å². The molecule has 0 saturated heterocycles. The van der Waals surface area contributed by atoms with E-state index in [9.17, 15) is 4.79 Å². The van der Waals surface area contributed by atoms with E-state index in [1.165, 1.54) is 18.4 Å². The normalized spacial score (nSPS) is 15.2. The van der Waals surface area contributed by atoms with Crippen LogP contribution in [0.15, 0.2) is 22.7 Å². The summed E-state index contributed by atoms with van der Waals surface area (Å²) in [7, 11) is 0. The topological polar surface area (TPSA) is 55.1 Å². The van der Waals surface area contributed by atoms with Gasteiger partial charge in [0.15, 0.2) is 5.76 Å². The van der Waals surface area contributed by atoms with Crippen LogP contribution >= 0.6 is 11.6 Å². The molecule has 1 aromatic heterocycles. The Bertz CT molecular complexity index is 707. The van der Waals surface area contributed by atoms with Crippen LogP contribution in [0.25, 0.3) is 11.3 Å². The van der Waals surface area contributed by atoms with E-state index in [1.807, 2.05) is 25.1 Å². The molecule has 0 radical (unpaired) electrons. The lowest BCUT2D eigenvalue weighted by Crippen LogP contribution is -2.20. The van der Waals surface area contributed by atoms with Gasteiger partial charge in [0.2, 0.25) is 5.91 Å². The highest BCUT2D eigenvalue weighted by Gasteiger charge is 2.21. The molecule has 0 aliphatic heterocycles. The van der Waals surface area contributed by atoms with Crippen molar-refractivity contribution in [2.75, 3.05) is 5.32 Å². The second-order valence-corrected chi connectivity index (χ2v) is 6.43. The second-order valence-electron chi connectivity index (χ2n) is 5.78. The van der Waals surface area contributed by atoms with Gasteiger partial charge in [-0.25, -0.2) is 0 Å². The Hall–Kier alpha value is -1.81. The predicted molar refractivity (Wildman–Crippen MR) is 87.3 cm³/mol. The molecule has 22 heavy (non-hydrogen) atoms.